The van der Waals surface area contributed by atoms with Gasteiger partial charge in [0.05, 0.1) is 4.90 Å². The van der Waals surface area contributed by atoms with Crippen molar-refractivity contribution in [2.24, 2.45) is 5.73 Å². The SMILES string of the molecule is NCC1CCCN1S(=O)(=O)c1cc(F)cc(Cl)c1. The van der Waals surface area contributed by atoms with E-state index in [2.05, 4.69) is 0 Å². The maximum absolute atomic E-state index is 13.2. The van der Waals surface area contributed by atoms with Gasteiger partial charge < -0.3 is 5.73 Å². The van der Waals surface area contributed by atoms with Crippen molar-refractivity contribution in [3.63, 3.8) is 0 Å². The second-order valence-electron chi connectivity index (χ2n) is 4.25. The number of benzene rings is 1. The van der Waals surface area contributed by atoms with Crippen LogP contribution in [0, 0.1) is 5.82 Å². The molecule has 18 heavy (non-hydrogen) atoms. The fourth-order valence-electron chi connectivity index (χ4n) is 2.17. The van der Waals surface area contributed by atoms with E-state index in [9.17, 15) is 12.8 Å². The zero-order chi connectivity index (χ0) is 13.3. The molecule has 2 rings (SSSR count). The molecule has 1 unspecified atom stereocenters. The molecular formula is C11H14ClFN2O2S. The maximum atomic E-state index is 13.2. The molecule has 7 heteroatoms. The summed E-state index contributed by atoms with van der Waals surface area (Å²) in [4.78, 5) is -0.118. The fourth-order valence-corrected chi connectivity index (χ4v) is 4.22. The first-order valence-corrected chi connectivity index (χ1v) is 7.45. The van der Waals surface area contributed by atoms with Gasteiger partial charge in [0, 0.05) is 24.2 Å². The van der Waals surface area contributed by atoms with Crippen LogP contribution in [0.2, 0.25) is 5.02 Å². The summed E-state index contributed by atoms with van der Waals surface area (Å²) < 4.78 is 39.3. The lowest BCUT2D eigenvalue weighted by Crippen LogP contribution is -2.39. The average molecular weight is 293 g/mol. The van der Waals surface area contributed by atoms with E-state index < -0.39 is 15.8 Å². The minimum atomic E-state index is -3.72. The molecule has 0 saturated carbocycles. The van der Waals surface area contributed by atoms with Crippen LogP contribution >= 0.6 is 11.6 Å². The maximum Gasteiger partial charge on any atom is 0.243 e. The average Bonchev–Trinajstić information content (AvgIpc) is 2.76. The highest BCUT2D eigenvalue weighted by Gasteiger charge is 2.34. The third-order valence-corrected chi connectivity index (χ3v) is 5.19. The Balaban J connectivity index is 2.41. The predicted octanol–water partition coefficient (Wildman–Crippen LogP) is 1.59. The summed E-state index contributed by atoms with van der Waals surface area (Å²) in [6.45, 7) is 0.681. The molecule has 2 N–H and O–H groups in total. The Morgan fingerprint density at radius 3 is 2.78 bits per heavy atom. The van der Waals surface area contributed by atoms with Crippen LogP contribution in [-0.4, -0.2) is 31.9 Å². The Bertz CT molecular complexity index is 530. The summed E-state index contributed by atoms with van der Waals surface area (Å²) in [6.07, 6.45) is 1.50. The lowest BCUT2D eigenvalue weighted by molar-refractivity contribution is 0.393. The molecule has 1 aliphatic rings. The number of sulfonamides is 1. The molecule has 4 nitrogen and oxygen atoms in total. The molecule has 1 aromatic carbocycles. The van der Waals surface area contributed by atoms with Crippen molar-refractivity contribution in [3.8, 4) is 0 Å². The largest absolute Gasteiger partial charge is 0.329 e. The van der Waals surface area contributed by atoms with E-state index in [4.69, 9.17) is 17.3 Å². The van der Waals surface area contributed by atoms with Crippen LogP contribution in [0.25, 0.3) is 0 Å². The van der Waals surface area contributed by atoms with Crippen LogP contribution in [0.15, 0.2) is 23.1 Å². The number of hydrogen-bond donors (Lipinski definition) is 1. The minimum absolute atomic E-state index is 0.0667. The van der Waals surface area contributed by atoms with E-state index in [1.807, 2.05) is 0 Å². The topological polar surface area (TPSA) is 63.4 Å². The smallest absolute Gasteiger partial charge is 0.243 e. The van der Waals surface area contributed by atoms with Gasteiger partial charge in [-0.1, -0.05) is 11.6 Å². The monoisotopic (exact) mass is 292 g/mol. The summed E-state index contributed by atoms with van der Waals surface area (Å²) >= 11 is 5.69. The van der Waals surface area contributed by atoms with Crippen LogP contribution in [0.1, 0.15) is 12.8 Å². The molecule has 1 heterocycles. The van der Waals surface area contributed by atoms with Crippen LogP contribution in [0.3, 0.4) is 0 Å². The lowest BCUT2D eigenvalue weighted by Gasteiger charge is -2.22. The minimum Gasteiger partial charge on any atom is -0.329 e. The number of nitrogens with two attached hydrogens (primary N) is 1. The van der Waals surface area contributed by atoms with Crippen molar-refractivity contribution in [2.45, 2.75) is 23.8 Å². The zero-order valence-electron chi connectivity index (χ0n) is 9.64. The van der Waals surface area contributed by atoms with E-state index in [1.54, 1.807) is 0 Å². The van der Waals surface area contributed by atoms with Crippen molar-refractivity contribution in [2.75, 3.05) is 13.1 Å². The van der Waals surface area contributed by atoms with E-state index in [1.165, 1.54) is 10.4 Å². The standard InChI is InChI=1S/C11H14ClFN2O2S/c12-8-4-9(13)6-11(5-8)18(16,17)15-3-1-2-10(15)7-14/h4-6,10H,1-3,7,14H2. The number of halogens is 2. The molecule has 0 aliphatic carbocycles. The third-order valence-electron chi connectivity index (χ3n) is 3.04. The number of hydrogen-bond acceptors (Lipinski definition) is 3. The molecule has 0 amide bonds. The summed E-state index contributed by atoms with van der Waals surface area (Å²) in [5.41, 5.74) is 5.55. The highest BCUT2D eigenvalue weighted by atomic mass is 35.5. The van der Waals surface area contributed by atoms with Crippen LogP contribution < -0.4 is 5.73 Å². The molecule has 1 fully saturated rings. The van der Waals surface area contributed by atoms with Gasteiger partial charge in [0.1, 0.15) is 5.82 Å². The predicted molar refractivity (Wildman–Crippen MR) is 67.4 cm³/mol. The molecule has 1 aliphatic heterocycles. The van der Waals surface area contributed by atoms with E-state index in [0.29, 0.717) is 6.54 Å². The van der Waals surface area contributed by atoms with E-state index in [0.717, 1.165) is 25.0 Å². The lowest BCUT2D eigenvalue weighted by atomic mass is 10.2. The van der Waals surface area contributed by atoms with Gasteiger partial charge in [0.15, 0.2) is 0 Å². The van der Waals surface area contributed by atoms with Gasteiger partial charge >= 0.3 is 0 Å². The van der Waals surface area contributed by atoms with Crippen LogP contribution in [-0.2, 0) is 10.0 Å². The van der Waals surface area contributed by atoms with E-state index in [-0.39, 0.29) is 22.5 Å². The van der Waals surface area contributed by atoms with Crippen molar-refractivity contribution in [1.82, 2.24) is 4.31 Å². The fraction of sp³-hybridized carbons (Fsp3) is 0.455. The molecule has 0 radical (unpaired) electrons. The molecule has 1 atom stereocenters. The van der Waals surface area contributed by atoms with Gasteiger partial charge in [-0.3, -0.25) is 0 Å². The Labute approximate surface area is 111 Å². The Morgan fingerprint density at radius 1 is 1.44 bits per heavy atom. The van der Waals surface area contributed by atoms with Gasteiger partial charge in [-0.05, 0) is 31.0 Å². The highest BCUT2D eigenvalue weighted by molar-refractivity contribution is 7.89. The van der Waals surface area contributed by atoms with Crippen molar-refractivity contribution < 1.29 is 12.8 Å². The molecule has 0 bridgehead atoms. The molecule has 100 valence electrons. The molecule has 0 spiro atoms. The van der Waals surface area contributed by atoms with Crippen molar-refractivity contribution in [1.29, 1.82) is 0 Å². The molecular weight excluding hydrogens is 279 g/mol. The Morgan fingerprint density at radius 2 is 2.17 bits per heavy atom. The third kappa shape index (κ3) is 2.51. The first-order valence-electron chi connectivity index (χ1n) is 5.63. The summed E-state index contributed by atoms with van der Waals surface area (Å²) in [5, 5.41) is 0.0667. The second kappa shape index (κ2) is 5.13. The molecule has 0 aromatic heterocycles. The summed E-state index contributed by atoms with van der Waals surface area (Å²) in [5.74, 6) is -0.662. The van der Waals surface area contributed by atoms with Gasteiger partial charge in [-0.15, -0.1) is 0 Å². The van der Waals surface area contributed by atoms with Crippen LogP contribution in [0.5, 0.6) is 0 Å². The Kier molecular flexibility index (Phi) is 3.91. The number of rotatable bonds is 3. The summed E-state index contributed by atoms with van der Waals surface area (Å²) in [6, 6.07) is 3.10. The molecule has 1 aromatic rings. The zero-order valence-corrected chi connectivity index (χ0v) is 11.2. The normalized spacial score (nSPS) is 21.4. The van der Waals surface area contributed by atoms with Gasteiger partial charge in [-0.2, -0.15) is 4.31 Å². The van der Waals surface area contributed by atoms with Crippen molar-refractivity contribution in [3.05, 3.63) is 29.0 Å². The second-order valence-corrected chi connectivity index (χ2v) is 6.58. The first-order chi connectivity index (χ1) is 8.45. The first kappa shape index (κ1) is 13.7. The van der Waals surface area contributed by atoms with E-state index >= 15 is 0 Å². The quantitative estimate of drug-likeness (QED) is 0.920. The van der Waals surface area contributed by atoms with Gasteiger partial charge in [0.2, 0.25) is 10.0 Å². The van der Waals surface area contributed by atoms with Gasteiger partial charge in [0.25, 0.3) is 0 Å². The highest BCUT2D eigenvalue weighted by Crippen LogP contribution is 2.27. The number of nitrogens with zero attached hydrogens (tertiary/aromatic N) is 1. The molecule has 1 saturated heterocycles. The summed E-state index contributed by atoms with van der Waals surface area (Å²) in [7, 11) is -3.72. The Hall–Kier alpha value is -0.690. The van der Waals surface area contributed by atoms with Crippen molar-refractivity contribution >= 4 is 21.6 Å². The van der Waals surface area contributed by atoms with Crippen LogP contribution in [0.4, 0.5) is 4.39 Å². The van der Waals surface area contributed by atoms with Gasteiger partial charge in [-0.25, -0.2) is 12.8 Å².